The van der Waals surface area contributed by atoms with Crippen LogP contribution in [0.2, 0.25) is 0 Å². The van der Waals surface area contributed by atoms with Crippen molar-refractivity contribution in [3.05, 3.63) is 59.7 Å². The van der Waals surface area contributed by atoms with Crippen LogP contribution >= 0.6 is 0 Å². The predicted octanol–water partition coefficient (Wildman–Crippen LogP) is 3.05. The summed E-state index contributed by atoms with van der Waals surface area (Å²) in [4.78, 5) is 12.1. The second-order valence-corrected chi connectivity index (χ2v) is 7.49. The molecule has 0 bridgehead atoms. The van der Waals surface area contributed by atoms with Crippen LogP contribution in [0.3, 0.4) is 0 Å². The van der Waals surface area contributed by atoms with Crippen LogP contribution in [0.5, 0.6) is 0 Å². The van der Waals surface area contributed by atoms with E-state index in [1.54, 1.807) is 48.5 Å². The Bertz CT molecular complexity index is 863. The lowest BCUT2D eigenvalue weighted by atomic mass is 10.1. The van der Waals surface area contributed by atoms with E-state index in [1.165, 1.54) is 0 Å². The average molecular weight is 360 g/mol. The first kappa shape index (κ1) is 17.4. The SMILES string of the molecule is CCCCOC(=O)c1ccc(C2Nc3ccccc3S(=O)(=O)N2)cc1. The van der Waals surface area contributed by atoms with Gasteiger partial charge in [0.15, 0.2) is 0 Å². The van der Waals surface area contributed by atoms with Crippen molar-refractivity contribution < 1.29 is 17.9 Å². The van der Waals surface area contributed by atoms with Gasteiger partial charge < -0.3 is 10.1 Å². The fourth-order valence-corrected chi connectivity index (χ4v) is 3.89. The Morgan fingerprint density at radius 2 is 1.84 bits per heavy atom. The van der Waals surface area contributed by atoms with Gasteiger partial charge in [0.05, 0.1) is 17.9 Å². The summed E-state index contributed by atoms with van der Waals surface area (Å²) in [5.41, 5.74) is 1.71. The van der Waals surface area contributed by atoms with E-state index >= 15 is 0 Å². The molecule has 2 N–H and O–H groups in total. The third-order valence-electron chi connectivity index (χ3n) is 3.96. The van der Waals surface area contributed by atoms with Gasteiger partial charge in [-0.05, 0) is 36.2 Å². The zero-order valence-electron chi connectivity index (χ0n) is 13.9. The number of carbonyl (C=O) groups excluding carboxylic acids is 1. The van der Waals surface area contributed by atoms with Crippen LogP contribution in [0.15, 0.2) is 53.4 Å². The smallest absolute Gasteiger partial charge is 0.338 e. The van der Waals surface area contributed by atoms with Crippen molar-refractivity contribution in [1.82, 2.24) is 4.72 Å². The number of hydrogen-bond acceptors (Lipinski definition) is 5. The summed E-state index contributed by atoms with van der Waals surface area (Å²) in [5, 5.41) is 3.15. The molecule has 1 aliphatic rings. The quantitative estimate of drug-likeness (QED) is 0.632. The van der Waals surface area contributed by atoms with Crippen LogP contribution in [0, 0.1) is 0 Å². The maximum absolute atomic E-state index is 12.4. The molecule has 1 atom stereocenters. The van der Waals surface area contributed by atoms with Crippen LogP contribution in [-0.2, 0) is 14.8 Å². The van der Waals surface area contributed by atoms with Gasteiger partial charge in [-0.15, -0.1) is 0 Å². The summed E-state index contributed by atoms with van der Waals surface area (Å²) in [6, 6.07) is 13.4. The number of ether oxygens (including phenoxy) is 1. The van der Waals surface area contributed by atoms with E-state index in [0.29, 0.717) is 23.4 Å². The van der Waals surface area contributed by atoms with Crippen molar-refractivity contribution in [2.24, 2.45) is 0 Å². The first-order valence-electron chi connectivity index (χ1n) is 8.16. The average Bonchev–Trinajstić information content (AvgIpc) is 2.61. The number of hydrogen-bond donors (Lipinski definition) is 2. The number of esters is 1. The topological polar surface area (TPSA) is 84.5 Å². The highest BCUT2D eigenvalue weighted by Crippen LogP contribution is 2.30. The molecule has 25 heavy (non-hydrogen) atoms. The molecule has 0 fully saturated rings. The molecule has 6 nitrogen and oxygen atoms in total. The Kier molecular flexibility index (Phi) is 5.06. The lowest BCUT2D eigenvalue weighted by Gasteiger charge is -2.28. The summed E-state index contributed by atoms with van der Waals surface area (Å²) in [7, 11) is -3.58. The number of unbranched alkanes of at least 4 members (excludes halogenated alkanes) is 1. The van der Waals surface area contributed by atoms with Gasteiger partial charge >= 0.3 is 5.97 Å². The molecule has 1 aliphatic heterocycles. The monoisotopic (exact) mass is 360 g/mol. The lowest BCUT2D eigenvalue weighted by molar-refractivity contribution is 0.0499. The molecule has 3 rings (SSSR count). The molecule has 0 saturated carbocycles. The minimum Gasteiger partial charge on any atom is -0.462 e. The number of benzene rings is 2. The highest BCUT2D eigenvalue weighted by atomic mass is 32.2. The van der Waals surface area contributed by atoms with Crippen molar-refractivity contribution in [1.29, 1.82) is 0 Å². The Labute approximate surface area is 147 Å². The van der Waals surface area contributed by atoms with Crippen molar-refractivity contribution in [2.45, 2.75) is 30.8 Å². The summed E-state index contributed by atoms with van der Waals surface area (Å²) in [6.45, 7) is 2.43. The third kappa shape index (κ3) is 3.83. The Morgan fingerprint density at radius 3 is 2.56 bits per heavy atom. The molecule has 0 saturated heterocycles. The zero-order chi connectivity index (χ0) is 17.9. The molecule has 0 aliphatic carbocycles. The van der Waals surface area contributed by atoms with Gasteiger partial charge in [-0.3, -0.25) is 0 Å². The molecule has 2 aromatic carbocycles. The van der Waals surface area contributed by atoms with E-state index in [-0.39, 0.29) is 10.9 Å². The molecule has 7 heteroatoms. The normalized spacial score (nSPS) is 18.0. The zero-order valence-corrected chi connectivity index (χ0v) is 14.7. The second kappa shape index (κ2) is 7.25. The second-order valence-electron chi connectivity index (χ2n) is 5.81. The number of carbonyl (C=O) groups is 1. The van der Waals surface area contributed by atoms with E-state index in [9.17, 15) is 13.2 Å². The maximum atomic E-state index is 12.4. The molecule has 0 radical (unpaired) electrons. The third-order valence-corrected chi connectivity index (χ3v) is 5.44. The van der Waals surface area contributed by atoms with Crippen molar-refractivity contribution >= 4 is 21.7 Å². The van der Waals surface area contributed by atoms with Gasteiger partial charge in [-0.1, -0.05) is 37.6 Å². The molecule has 0 spiro atoms. The Balaban J connectivity index is 1.76. The van der Waals surface area contributed by atoms with Gasteiger partial charge in [0.2, 0.25) is 10.0 Å². The number of nitrogens with one attached hydrogen (secondary N) is 2. The number of rotatable bonds is 5. The van der Waals surface area contributed by atoms with Gasteiger partial charge in [0.25, 0.3) is 0 Å². The molecular formula is C18H20N2O4S. The van der Waals surface area contributed by atoms with Crippen LogP contribution in [-0.4, -0.2) is 21.0 Å². The number of fused-ring (bicyclic) bond motifs is 1. The molecule has 0 aromatic heterocycles. The molecule has 1 unspecified atom stereocenters. The molecular weight excluding hydrogens is 340 g/mol. The van der Waals surface area contributed by atoms with E-state index in [1.807, 2.05) is 6.92 Å². The highest BCUT2D eigenvalue weighted by molar-refractivity contribution is 7.89. The highest BCUT2D eigenvalue weighted by Gasteiger charge is 2.29. The lowest BCUT2D eigenvalue weighted by Crippen LogP contribution is -2.38. The summed E-state index contributed by atoms with van der Waals surface area (Å²) in [5.74, 6) is -0.373. The van der Waals surface area contributed by atoms with Gasteiger partial charge in [0, 0.05) is 0 Å². The largest absolute Gasteiger partial charge is 0.462 e. The fourth-order valence-electron chi connectivity index (χ4n) is 2.58. The predicted molar refractivity (Wildman–Crippen MR) is 94.8 cm³/mol. The molecule has 2 aromatic rings. The van der Waals surface area contributed by atoms with Crippen LogP contribution < -0.4 is 10.0 Å². The van der Waals surface area contributed by atoms with Crippen LogP contribution in [0.4, 0.5) is 5.69 Å². The van der Waals surface area contributed by atoms with Crippen LogP contribution in [0.25, 0.3) is 0 Å². The fraction of sp³-hybridized carbons (Fsp3) is 0.278. The first-order chi connectivity index (χ1) is 12.0. The van der Waals surface area contributed by atoms with Crippen molar-refractivity contribution in [3.63, 3.8) is 0 Å². The number of sulfonamides is 1. The van der Waals surface area contributed by atoms with Gasteiger partial charge in [-0.25, -0.2) is 13.2 Å². The van der Waals surface area contributed by atoms with Crippen molar-refractivity contribution in [3.8, 4) is 0 Å². The van der Waals surface area contributed by atoms with E-state index in [2.05, 4.69) is 10.0 Å². The van der Waals surface area contributed by atoms with E-state index < -0.39 is 16.2 Å². The Morgan fingerprint density at radius 1 is 1.12 bits per heavy atom. The summed E-state index contributed by atoms with van der Waals surface area (Å²) >= 11 is 0. The van der Waals surface area contributed by atoms with E-state index in [0.717, 1.165) is 12.8 Å². The number of anilines is 1. The number of para-hydroxylation sites is 1. The standard InChI is InChI=1S/C18H20N2O4S/c1-2-3-12-24-18(21)14-10-8-13(9-11-14)17-19-15-6-4-5-7-16(15)25(22,23)20-17/h4-11,17,19-20H,2-3,12H2,1H3. The first-order valence-corrected chi connectivity index (χ1v) is 9.64. The van der Waals surface area contributed by atoms with Crippen molar-refractivity contribution in [2.75, 3.05) is 11.9 Å². The minimum atomic E-state index is -3.58. The van der Waals surface area contributed by atoms with Gasteiger partial charge in [-0.2, -0.15) is 4.72 Å². The minimum absolute atomic E-state index is 0.224. The summed E-state index contributed by atoms with van der Waals surface area (Å²) < 4.78 is 32.5. The Hall–Kier alpha value is -2.38. The van der Waals surface area contributed by atoms with Gasteiger partial charge in [0.1, 0.15) is 11.1 Å². The maximum Gasteiger partial charge on any atom is 0.338 e. The summed E-state index contributed by atoms with van der Waals surface area (Å²) in [6.07, 6.45) is 1.20. The van der Waals surface area contributed by atoms with Crippen LogP contribution in [0.1, 0.15) is 41.9 Å². The molecule has 1 heterocycles. The molecule has 0 amide bonds. The van der Waals surface area contributed by atoms with E-state index in [4.69, 9.17) is 4.74 Å². The molecule has 132 valence electrons.